The maximum atomic E-state index is 12.9. The molecule has 2 aromatic rings. The maximum Gasteiger partial charge on any atom is 0.254 e. The molecule has 1 amide bonds. The number of nitrogens with zero attached hydrogens (tertiary/aromatic N) is 4. The van der Waals surface area contributed by atoms with Gasteiger partial charge in [-0.15, -0.1) is 0 Å². The normalized spacial score (nSPS) is 14.4. The molecule has 7 heteroatoms. The first-order valence-electron chi connectivity index (χ1n) is 9.20. The number of piperazine rings is 1. The van der Waals surface area contributed by atoms with Crippen LogP contribution in [-0.2, 0) is 0 Å². The summed E-state index contributed by atoms with van der Waals surface area (Å²) in [7, 11) is 1.59. The van der Waals surface area contributed by atoms with Gasteiger partial charge in [0.15, 0.2) is 11.5 Å². The van der Waals surface area contributed by atoms with Crippen LogP contribution in [-0.4, -0.2) is 60.7 Å². The van der Waals surface area contributed by atoms with Crippen molar-refractivity contribution in [3.05, 3.63) is 42.2 Å². The average Bonchev–Trinajstić information content (AvgIpc) is 2.72. The number of carbonyl (C=O) groups excluding carboxylic acids is 1. The van der Waals surface area contributed by atoms with E-state index in [-0.39, 0.29) is 5.91 Å². The van der Waals surface area contributed by atoms with Gasteiger partial charge in [0.2, 0.25) is 5.95 Å². The van der Waals surface area contributed by atoms with Crippen LogP contribution < -0.4 is 14.4 Å². The van der Waals surface area contributed by atoms with Crippen molar-refractivity contribution in [2.45, 2.75) is 13.8 Å². The zero-order valence-corrected chi connectivity index (χ0v) is 16.1. The van der Waals surface area contributed by atoms with E-state index < -0.39 is 0 Å². The summed E-state index contributed by atoms with van der Waals surface area (Å²) in [5, 5.41) is 0. The molecule has 0 atom stereocenters. The Morgan fingerprint density at radius 3 is 2.44 bits per heavy atom. The molecule has 0 unspecified atom stereocenters. The smallest absolute Gasteiger partial charge is 0.254 e. The summed E-state index contributed by atoms with van der Waals surface area (Å²) in [6.07, 6.45) is 3.46. The van der Waals surface area contributed by atoms with Gasteiger partial charge in [0, 0.05) is 44.1 Å². The molecule has 1 aliphatic rings. The Balaban J connectivity index is 1.64. The number of anilines is 1. The van der Waals surface area contributed by atoms with Crippen LogP contribution in [0, 0.1) is 5.92 Å². The first kappa shape index (κ1) is 18.9. The van der Waals surface area contributed by atoms with Crippen molar-refractivity contribution in [2.75, 3.05) is 44.8 Å². The molecular formula is C20H26N4O3. The van der Waals surface area contributed by atoms with Gasteiger partial charge in [0.1, 0.15) is 0 Å². The molecule has 1 aromatic heterocycles. The molecular weight excluding hydrogens is 344 g/mol. The molecule has 3 rings (SSSR count). The Kier molecular flexibility index (Phi) is 6.11. The fourth-order valence-corrected chi connectivity index (χ4v) is 2.92. The van der Waals surface area contributed by atoms with Crippen LogP contribution in [0.2, 0.25) is 0 Å². The van der Waals surface area contributed by atoms with Crippen molar-refractivity contribution in [3.8, 4) is 11.5 Å². The Labute approximate surface area is 159 Å². The number of methoxy groups -OCH3 is 1. The second-order valence-electron chi connectivity index (χ2n) is 6.90. The Hall–Kier alpha value is -2.83. The van der Waals surface area contributed by atoms with Gasteiger partial charge in [-0.3, -0.25) is 4.79 Å². The van der Waals surface area contributed by atoms with Crippen LogP contribution in [0.25, 0.3) is 0 Å². The van der Waals surface area contributed by atoms with Gasteiger partial charge in [-0.25, -0.2) is 9.97 Å². The highest BCUT2D eigenvalue weighted by atomic mass is 16.5. The van der Waals surface area contributed by atoms with Crippen molar-refractivity contribution in [1.29, 1.82) is 0 Å². The third-order valence-corrected chi connectivity index (χ3v) is 4.38. The van der Waals surface area contributed by atoms with Crippen molar-refractivity contribution in [3.63, 3.8) is 0 Å². The number of benzene rings is 1. The van der Waals surface area contributed by atoms with E-state index in [2.05, 4.69) is 28.7 Å². The monoisotopic (exact) mass is 370 g/mol. The average molecular weight is 370 g/mol. The van der Waals surface area contributed by atoms with E-state index in [0.717, 1.165) is 0 Å². The summed E-state index contributed by atoms with van der Waals surface area (Å²) in [5.41, 5.74) is 0.605. The van der Waals surface area contributed by atoms with Gasteiger partial charge < -0.3 is 19.3 Å². The summed E-state index contributed by atoms with van der Waals surface area (Å²) in [5.74, 6) is 2.36. The summed E-state index contributed by atoms with van der Waals surface area (Å²) < 4.78 is 11.2. The van der Waals surface area contributed by atoms with Gasteiger partial charge in [-0.1, -0.05) is 13.8 Å². The molecule has 27 heavy (non-hydrogen) atoms. The van der Waals surface area contributed by atoms with E-state index in [9.17, 15) is 4.79 Å². The maximum absolute atomic E-state index is 12.9. The predicted molar refractivity (Wildman–Crippen MR) is 103 cm³/mol. The topological polar surface area (TPSA) is 67.8 Å². The van der Waals surface area contributed by atoms with E-state index in [1.54, 1.807) is 37.7 Å². The van der Waals surface area contributed by atoms with Crippen LogP contribution >= 0.6 is 0 Å². The molecule has 1 saturated heterocycles. The van der Waals surface area contributed by atoms with Crippen LogP contribution in [0.3, 0.4) is 0 Å². The van der Waals surface area contributed by atoms with Gasteiger partial charge in [0.05, 0.1) is 13.7 Å². The number of hydrogen-bond donors (Lipinski definition) is 0. The van der Waals surface area contributed by atoms with E-state index in [4.69, 9.17) is 9.47 Å². The van der Waals surface area contributed by atoms with Crippen LogP contribution in [0.1, 0.15) is 24.2 Å². The lowest BCUT2D eigenvalue weighted by Gasteiger charge is -2.34. The van der Waals surface area contributed by atoms with Gasteiger partial charge in [-0.05, 0) is 30.2 Å². The van der Waals surface area contributed by atoms with Crippen LogP contribution in [0.5, 0.6) is 11.5 Å². The molecule has 0 saturated carbocycles. The van der Waals surface area contributed by atoms with E-state index in [1.165, 1.54) is 0 Å². The largest absolute Gasteiger partial charge is 0.493 e. The minimum Gasteiger partial charge on any atom is -0.493 e. The summed E-state index contributed by atoms with van der Waals surface area (Å²) in [6.45, 7) is 7.46. The summed E-state index contributed by atoms with van der Waals surface area (Å²) in [6, 6.07) is 7.16. The Morgan fingerprint density at radius 1 is 1.11 bits per heavy atom. The lowest BCUT2D eigenvalue weighted by atomic mass is 10.1. The SMILES string of the molecule is COc1cc(C(=O)N2CCN(c3ncccn3)CC2)ccc1OCC(C)C. The van der Waals surface area contributed by atoms with Gasteiger partial charge in [0.25, 0.3) is 5.91 Å². The molecule has 2 heterocycles. The van der Waals surface area contributed by atoms with Crippen molar-refractivity contribution in [1.82, 2.24) is 14.9 Å². The fourth-order valence-electron chi connectivity index (χ4n) is 2.92. The minimum absolute atomic E-state index is 0.00246. The standard InChI is InChI=1S/C20H26N4O3/c1-15(2)14-27-17-6-5-16(13-18(17)26-3)19(25)23-9-11-24(12-10-23)20-21-7-4-8-22-20/h4-8,13,15H,9-12,14H2,1-3H3. The predicted octanol–water partition coefficient (Wildman–Crippen LogP) is 2.48. The number of hydrogen-bond acceptors (Lipinski definition) is 6. The molecule has 1 aromatic carbocycles. The second-order valence-corrected chi connectivity index (χ2v) is 6.90. The van der Waals surface area contributed by atoms with Gasteiger partial charge in [-0.2, -0.15) is 0 Å². The van der Waals surface area contributed by atoms with E-state index in [1.807, 2.05) is 11.0 Å². The first-order chi connectivity index (χ1) is 13.1. The number of carbonyl (C=O) groups is 1. The molecule has 7 nitrogen and oxygen atoms in total. The number of ether oxygens (including phenoxy) is 2. The zero-order valence-electron chi connectivity index (χ0n) is 16.1. The van der Waals surface area contributed by atoms with Crippen molar-refractivity contribution < 1.29 is 14.3 Å². The molecule has 0 N–H and O–H groups in total. The molecule has 1 aliphatic heterocycles. The number of rotatable bonds is 6. The molecule has 0 spiro atoms. The highest BCUT2D eigenvalue weighted by Crippen LogP contribution is 2.29. The first-order valence-corrected chi connectivity index (χ1v) is 9.20. The molecule has 1 fully saturated rings. The molecule has 144 valence electrons. The lowest BCUT2D eigenvalue weighted by molar-refractivity contribution is 0.0745. The highest BCUT2D eigenvalue weighted by Gasteiger charge is 2.24. The fraction of sp³-hybridized carbons (Fsp3) is 0.450. The van der Waals surface area contributed by atoms with E-state index >= 15 is 0 Å². The minimum atomic E-state index is -0.00246. The number of aromatic nitrogens is 2. The number of amides is 1. The molecule has 0 radical (unpaired) electrons. The Morgan fingerprint density at radius 2 is 1.81 bits per heavy atom. The van der Waals surface area contributed by atoms with E-state index in [0.29, 0.717) is 61.7 Å². The summed E-state index contributed by atoms with van der Waals surface area (Å²) >= 11 is 0. The second kappa shape index (κ2) is 8.70. The van der Waals surface area contributed by atoms with Gasteiger partial charge >= 0.3 is 0 Å². The lowest BCUT2D eigenvalue weighted by Crippen LogP contribution is -2.49. The Bertz CT molecular complexity index is 759. The van der Waals surface area contributed by atoms with Crippen molar-refractivity contribution >= 4 is 11.9 Å². The van der Waals surface area contributed by atoms with Crippen LogP contribution in [0.15, 0.2) is 36.7 Å². The highest BCUT2D eigenvalue weighted by molar-refractivity contribution is 5.95. The summed E-state index contributed by atoms with van der Waals surface area (Å²) in [4.78, 5) is 25.4. The zero-order chi connectivity index (χ0) is 19.2. The van der Waals surface area contributed by atoms with Crippen LogP contribution in [0.4, 0.5) is 5.95 Å². The van der Waals surface area contributed by atoms with Crippen molar-refractivity contribution in [2.24, 2.45) is 5.92 Å². The third kappa shape index (κ3) is 4.67. The molecule has 0 aliphatic carbocycles. The quantitative estimate of drug-likeness (QED) is 0.778. The third-order valence-electron chi connectivity index (χ3n) is 4.38. The molecule has 0 bridgehead atoms.